The zero-order valence-electron chi connectivity index (χ0n) is 10.4. The van der Waals surface area contributed by atoms with Gasteiger partial charge in [0, 0.05) is 5.56 Å². The maximum absolute atomic E-state index is 10.7. The first kappa shape index (κ1) is 15.3. The Kier molecular flexibility index (Phi) is 5.64. The van der Waals surface area contributed by atoms with Crippen molar-refractivity contribution in [2.24, 2.45) is 0 Å². The second kappa shape index (κ2) is 7.00. The molecule has 2 aromatic rings. The molecule has 0 bridgehead atoms. The van der Waals surface area contributed by atoms with E-state index in [4.69, 9.17) is 9.79 Å². The zero-order valence-corrected chi connectivity index (χ0v) is 11.3. The molecule has 0 heterocycles. The molecule has 0 saturated heterocycles. The molecule has 2 N–H and O–H groups in total. The van der Waals surface area contributed by atoms with E-state index in [1.807, 2.05) is 18.2 Å². The summed E-state index contributed by atoms with van der Waals surface area (Å²) in [5.41, 5.74) is 1.35. The molecule has 0 fully saturated rings. The predicted molar refractivity (Wildman–Crippen MR) is 74.7 cm³/mol. The van der Waals surface area contributed by atoms with Gasteiger partial charge in [0.1, 0.15) is 0 Å². The lowest BCUT2D eigenvalue weighted by molar-refractivity contribution is 0.112. The van der Waals surface area contributed by atoms with Gasteiger partial charge < -0.3 is 9.79 Å². The molecule has 0 saturated carbocycles. The molecule has 4 nitrogen and oxygen atoms in total. The van der Waals surface area contributed by atoms with E-state index in [1.54, 1.807) is 6.07 Å². The van der Waals surface area contributed by atoms with Crippen LogP contribution in [0.4, 0.5) is 0 Å². The normalized spacial score (nSPS) is 10.3. The van der Waals surface area contributed by atoms with Crippen LogP contribution in [0.25, 0.3) is 0 Å². The molecular formula is C14H15O4P. The monoisotopic (exact) mass is 278 g/mol. The number of hydrogen-bond acceptors (Lipinski definition) is 2. The van der Waals surface area contributed by atoms with Gasteiger partial charge in [-0.15, -0.1) is 0 Å². The van der Waals surface area contributed by atoms with E-state index in [0.717, 1.165) is 0 Å². The Bertz CT molecular complexity index is 575. The van der Waals surface area contributed by atoms with Crippen LogP contribution >= 0.6 is 7.60 Å². The molecule has 5 heteroatoms. The van der Waals surface area contributed by atoms with Gasteiger partial charge in [-0.25, -0.2) is 0 Å². The molecule has 0 aliphatic heterocycles. The van der Waals surface area contributed by atoms with E-state index in [2.05, 4.69) is 19.1 Å². The lowest BCUT2D eigenvalue weighted by Crippen LogP contribution is -2.09. The Balaban J connectivity index is 0.000000218. The summed E-state index contributed by atoms with van der Waals surface area (Å²) in [6.45, 7) is 2.08. The lowest BCUT2D eigenvalue weighted by Gasteiger charge is -2.04. The summed E-state index contributed by atoms with van der Waals surface area (Å²) < 4.78 is 10.7. The fraction of sp³-hybridized carbons (Fsp3) is 0.0714. The Morgan fingerprint density at radius 3 is 1.84 bits per heavy atom. The van der Waals surface area contributed by atoms with Crippen LogP contribution in [0, 0.1) is 6.92 Å². The van der Waals surface area contributed by atoms with Gasteiger partial charge in [0.15, 0.2) is 6.29 Å². The second-order valence-electron chi connectivity index (χ2n) is 3.88. The Hall–Kier alpha value is -1.74. The molecule has 0 radical (unpaired) electrons. The van der Waals surface area contributed by atoms with Gasteiger partial charge in [0.25, 0.3) is 0 Å². The first-order chi connectivity index (χ1) is 8.95. The van der Waals surface area contributed by atoms with Gasteiger partial charge in [-0.1, -0.05) is 54.1 Å². The highest BCUT2D eigenvalue weighted by atomic mass is 31.2. The van der Waals surface area contributed by atoms with Crippen LogP contribution in [-0.2, 0) is 4.57 Å². The van der Waals surface area contributed by atoms with Crippen molar-refractivity contribution < 1.29 is 19.1 Å². The van der Waals surface area contributed by atoms with Gasteiger partial charge in [0.2, 0.25) is 0 Å². The number of carbonyl (C=O) groups excluding carboxylic acids is 1. The predicted octanol–water partition coefficient (Wildman–Crippen LogP) is 2.30. The highest BCUT2D eigenvalue weighted by molar-refractivity contribution is 7.60. The van der Waals surface area contributed by atoms with Crippen molar-refractivity contribution in [1.29, 1.82) is 0 Å². The summed E-state index contributed by atoms with van der Waals surface area (Å²) in [5.74, 6) is 0. The van der Waals surface area contributed by atoms with Crippen molar-refractivity contribution in [1.82, 2.24) is 0 Å². The summed E-state index contributed by atoms with van der Waals surface area (Å²) in [7, 11) is -4.30. The maximum Gasteiger partial charge on any atom is 0.356 e. The van der Waals surface area contributed by atoms with E-state index >= 15 is 0 Å². The van der Waals surface area contributed by atoms with E-state index in [9.17, 15) is 9.36 Å². The van der Waals surface area contributed by atoms with E-state index < -0.39 is 7.60 Å². The number of rotatable bonds is 2. The second-order valence-corrected chi connectivity index (χ2v) is 5.45. The molecule has 0 unspecified atom stereocenters. The van der Waals surface area contributed by atoms with Gasteiger partial charge in [-0.2, -0.15) is 0 Å². The molecule has 19 heavy (non-hydrogen) atoms. The third-order valence-corrected chi connectivity index (χ3v) is 3.35. The SMILES string of the molecule is Cc1ccccc1.O=Cc1ccccc1P(=O)(O)O. The van der Waals surface area contributed by atoms with Crippen LogP contribution in [0.3, 0.4) is 0 Å². The number of hydrogen-bond donors (Lipinski definition) is 2. The fourth-order valence-corrected chi connectivity index (χ4v) is 2.13. The highest BCUT2D eigenvalue weighted by Gasteiger charge is 2.19. The maximum atomic E-state index is 10.7. The van der Waals surface area contributed by atoms with Gasteiger partial charge in [-0.3, -0.25) is 9.36 Å². The van der Waals surface area contributed by atoms with E-state index in [0.29, 0.717) is 6.29 Å². The van der Waals surface area contributed by atoms with Gasteiger partial charge >= 0.3 is 7.60 Å². The van der Waals surface area contributed by atoms with E-state index in [-0.39, 0.29) is 10.9 Å². The smallest absolute Gasteiger partial charge is 0.321 e. The van der Waals surface area contributed by atoms with Crippen LogP contribution < -0.4 is 5.30 Å². The van der Waals surface area contributed by atoms with Crippen LogP contribution in [0.1, 0.15) is 15.9 Å². The van der Waals surface area contributed by atoms with Gasteiger partial charge in [-0.05, 0) is 13.0 Å². The van der Waals surface area contributed by atoms with Crippen molar-refractivity contribution in [2.45, 2.75) is 6.92 Å². The summed E-state index contributed by atoms with van der Waals surface area (Å²) in [6, 6.07) is 15.9. The number of benzene rings is 2. The van der Waals surface area contributed by atoms with Crippen LogP contribution in [0.2, 0.25) is 0 Å². The third-order valence-electron chi connectivity index (χ3n) is 2.32. The van der Waals surface area contributed by atoms with Crippen molar-refractivity contribution in [3.63, 3.8) is 0 Å². The number of carbonyl (C=O) groups is 1. The topological polar surface area (TPSA) is 74.6 Å². The molecule has 0 aliphatic carbocycles. The average molecular weight is 278 g/mol. The van der Waals surface area contributed by atoms with Crippen LogP contribution in [-0.4, -0.2) is 16.1 Å². The minimum absolute atomic E-state index is 0.0332. The summed E-state index contributed by atoms with van der Waals surface area (Å²) in [6.07, 6.45) is 0.425. The lowest BCUT2D eigenvalue weighted by atomic mass is 10.2. The Morgan fingerprint density at radius 2 is 1.47 bits per heavy atom. The van der Waals surface area contributed by atoms with Crippen molar-refractivity contribution in [2.75, 3.05) is 0 Å². The van der Waals surface area contributed by atoms with Crippen molar-refractivity contribution in [3.05, 3.63) is 65.7 Å². The first-order valence-electron chi connectivity index (χ1n) is 5.57. The van der Waals surface area contributed by atoms with E-state index in [1.165, 1.54) is 23.8 Å². The molecule has 0 aliphatic rings. The number of aldehydes is 1. The number of aryl methyl sites for hydroxylation is 1. The highest BCUT2D eigenvalue weighted by Crippen LogP contribution is 2.33. The fourth-order valence-electron chi connectivity index (χ4n) is 1.39. The molecule has 0 atom stereocenters. The van der Waals surface area contributed by atoms with Crippen LogP contribution in [0.5, 0.6) is 0 Å². The third kappa shape index (κ3) is 5.18. The minimum atomic E-state index is -4.30. The molecule has 0 spiro atoms. The molecule has 0 amide bonds. The van der Waals surface area contributed by atoms with Gasteiger partial charge in [0.05, 0.1) is 5.30 Å². The quantitative estimate of drug-likeness (QED) is 0.653. The van der Waals surface area contributed by atoms with Crippen molar-refractivity contribution in [3.8, 4) is 0 Å². The summed E-state index contributed by atoms with van der Waals surface area (Å²) >= 11 is 0. The molecule has 2 aromatic carbocycles. The van der Waals surface area contributed by atoms with Crippen molar-refractivity contribution >= 4 is 19.2 Å². The molecule has 0 aromatic heterocycles. The minimum Gasteiger partial charge on any atom is -0.321 e. The Labute approximate surface area is 111 Å². The largest absolute Gasteiger partial charge is 0.356 e. The zero-order chi connectivity index (χ0) is 14.3. The first-order valence-corrected chi connectivity index (χ1v) is 7.18. The molecular weight excluding hydrogens is 263 g/mol. The van der Waals surface area contributed by atoms with Crippen LogP contribution in [0.15, 0.2) is 54.6 Å². The molecule has 2 rings (SSSR count). The summed E-state index contributed by atoms with van der Waals surface area (Å²) in [5, 5.41) is -0.222. The Morgan fingerprint density at radius 1 is 0.947 bits per heavy atom. The summed E-state index contributed by atoms with van der Waals surface area (Å²) in [4.78, 5) is 27.8. The molecule has 100 valence electrons. The average Bonchev–Trinajstić information content (AvgIpc) is 2.39. The standard InChI is InChI=1S/C7H7O4P.C7H8/c8-5-6-3-1-2-4-7(6)12(9,10)11;1-7-5-3-2-4-6-7/h1-5H,(H2,9,10,11);2-6H,1H3.